The van der Waals surface area contributed by atoms with Gasteiger partial charge in [0.1, 0.15) is 17.3 Å². The molecule has 1 aromatic heterocycles. The highest BCUT2D eigenvalue weighted by Crippen LogP contribution is 2.30. The molecule has 4 rings (SSSR count). The third kappa shape index (κ3) is 2.92. The van der Waals surface area contributed by atoms with Gasteiger partial charge in [0.25, 0.3) is 11.8 Å². The minimum atomic E-state index is -1.67. The molecule has 3 aromatic rings. The molecule has 148 valence electrons. The van der Waals surface area contributed by atoms with E-state index < -0.39 is 17.4 Å². The number of aliphatic imine (C=N–C) groups is 1. The Bertz CT molecular complexity index is 1120. The monoisotopic (exact) mass is 392 g/mol. The number of carbonyl (C=O) groups is 2. The Labute approximate surface area is 166 Å². The average molecular weight is 392 g/mol. The summed E-state index contributed by atoms with van der Waals surface area (Å²) in [6, 6.07) is 12.7. The van der Waals surface area contributed by atoms with Crippen LogP contribution in [0.5, 0.6) is 5.75 Å². The van der Waals surface area contributed by atoms with E-state index in [2.05, 4.69) is 25.6 Å². The summed E-state index contributed by atoms with van der Waals surface area (Å²) in [6.07, 6.45) is 0. The van der Waals surface area contributed by atoms with Gasteiger partial charge in [0, 0.05) is 0 Å². The number of nitrogens with zero attached hydrogens (tertiary/aromatic N) is 2. The first-order chi connectivity index (χ1) is 14.0. The van der Waals surface area contributed by atoms with Gasteiger partial charge in [0.05, 0.1) is 30.5 Å². The van der Waals surface area contributed by atoms with Crippen molar-refractivity contribution >= 4 is 34.2 Å². The molecule has 5 N–H and O–H groups in total. The molecule has 0 bridgehead atoms. The van der Waals surface area contributed by atoms with Crippen LogP contribution in [0.4, 0.5) is 5.69 Å². The molecule has 0 saturated carbocycles. The van der Waals surface area contributed by atoms with Crippen molar-refractivity contribution in [3.63, 3.8) is 0 Å². The minimum Gasteiger partial charge on any atom is -0.495 e. The van der Waals surface area contributed by atoms with Crippen LogP contribution in [-0.4, -0.2) is 41.3 Å². The second kappa shape index (κ2) is 7.02. The van der Waals surface area contributed by atoms with Crippen LogP contribution in [0.1, 0.15) is 11.4 Å². The summed E-state index contributed by atoms with van der Waals surface area (Å²) in [5.41, 5.74) is 6.69. The number of nitrogens with one attached hydrogen (secondary N) is 3. The Morgan fingerprint density at radius 3 is 2.72 bits per heavy atom. The summed E-state index contributed by atoms with van der Waals surface area (Å²) in [5.74, 6) is -0.630. The van der Waals surface area contributed by atoms with Crippen LogP contribution in [0.3, 0.4) is 0 Å². The van der Waals surface area contributed by atoms with E-state index >= 15 is 0 Å². The van der Waals surface area contributed by atoms with Crippen molar-refractivity contribution in [2.75, 3.05) is 19.1 Å². The first-order valence-electron chi connectivity index (χ1n) is 8.97. The lowest BCUT2D eigenvalue weighted by Crippen LogP contribution is -2.58. The number of rotatable bonds is 5. The van der Waals surface area contributed by atoms with Gasteiger partial charge in [0.2, 0.25) is 5.54 Å². The van der Waals surface area contributed by atoms with Gasteiger partial charge in [-0.15, -0.1) is 0 Å². The van der Waals surface area contributed by atoms with Crippen LogP contribution in [0.15, 0.2) is 47.5 Å². The SMILES string of the molecule is COc1cccc(C)c1NC(=O)C1=NCNC1(C(N)=O)c1nc2ccccc2[nH]1. The molecule has 0 saturated heterocycles. The fraction of sp³-hybridized carbons (Fsp3) is 0.200. The van der Waals surface area contributed by atoms with E-state index in [0.717, 1.165) is 11.1 Å². The molecule has 0 spiro atoms. The van der Waals surface area contributed by atoms with Crippen molar-refractivity contribution in [2.24, 2.45) is 10.7 Å². The zero-order chi connectivity index (χ0) is 20.6. The molecule has 0 fully saturated rings. The van der Waals surface area contributed by atoms with Gasteiger partial charge in [-0.05, 0) is 30.7 Å². The number of hydrogen-bond acceptors (Lipinski definition) is 6. The summed E-state index contributed by atoms with van der Waals surface area (Å²) in [5, 5.41) is 5.74. The number of imidazole rings is 1. The van der Waals surface area contributed by atoms with Gasteiger partial charge in [-0.3, -0.25) is 19.9 Å². The van der Waals surface area contributed by atoms with Crippen LogP contribution < -0.4 is 21.1 Å². The molecule has 9 nitrogen and oxygen atoms in total. The van der Waals surface area contributed by atoms with Gasteiger partial charge < -0.3 is 20.8 Å². The number of benzene rings is 2. The van der Waals surface area contributed by atoms with Gasteiger partial charge in [-0.2, -0.15) is 0 Å². The maximum atomic E-state index is 13.2. The van der Waals surface area contributed by atoms with E-state index in [1.54, 1.807) is 12.1 Å². The van der Waals surface area contributed by atoms with Crippen LogP contribution in [-0.2, 0) is 15.1 Å². The fourth-order valence-corrected chi connectivity index (χ4v) is 3.47. The second-order valence-corrected chi connectivity index (χ2v) is 6.66. The van der Waals surface area contributed by atoms with Crippen molar-refractivity contribution in [3.05, 3.63) is 53.9 Å². The average Bonchev–Trinajstić information content (AvgIpc) is 3.34. The minimum absolute atomic E-state index is 0.0493. The van der Waals surface area contributed by atoms with E-state index in [1.807, 2.05) is 37.3 Å². The number of nitrogens with two attached hydrogens (primary N) is 1. The number of ether oxygens (including phenoxy) is 1. The number of primary amides is 1. The van der Waals surface area contributed by atoms with Gasteiger partial charge in [0.15, 0.2) is 0 Å². The lowest BCUT2D eigenvalue weighted by molar-refractivity contribution is -0.123. The number of anilines is 1. The number of H-pyrrole nitrogens is 1. The highest BCUT2D eigenvalue weighted by atomic mass is 16.5. The molecule has 1 unspecified atom stereocenters. The van der Waals surface area contributed by atoms with Crippen LogP contribution in [0, 0.1) is 6.92 Å². The number of amides is 2. The summed E-state index contributed by atoms with van der Waals surface area (Å²) >= 11 is 0. The third-order valence-electron chi connectivity index (χ3n) is 4.96. The molecular weight excluding hydrogens is 372 g/mol. The molecule has 2 aromatic carbocycles. The summed E-state index contributed by atoms with van der Waals surface area (Å²) in [6.45, 7) is 1.89. The highest BCUT2D eigenvalue weighted by molar-refractivity contribution is 6.50. The van der Waals surface area contributed by atoms with E-state index in [0.29, 0.717) is 17.0 Å². The normalized spacial score (nSPS) is 18.5. The fourth-order valence-electron chi connectivity index (χ4n) is 3.47. The quantitative estimate of drug-likeness (QED) is 0.518. The molecule has 1 aliphatic rings. The predicted molar refractivity (Wildman–Crippen MR) is 109 cm³/mol. The topological polar surface area (TPSA) is 134 Å². The van der Waals surface area contributed by atoms with Crippen molar-refractivity contribution in [2.45, 2.75) is 12.5 Å². The number of fused-ring (bicyclic) bond motifs is 1. The maximum Gasteiger partial charge on any atom is 0.272 e. The van der Waals surface area contributed by atoms with E-state index in [4.69, 9.17) is 10.5 Å². The maximum absolute atomic E-state index is 13.2. The van der Waals surface area contributed by atoms with Crippen LogP contribution >= 0.6 is 0 Å². The van der Waals surface area contributed by atoms with E-state index in [-0.39, 0.29) is 18.2 Å². The third-order valence-corrected chi connectivity index (χ3v) is 4.96. The van der Waals surface area contributed by atoms with Crippen molar-refractivity contribution in [1.82, 2.24) is 15.3 Å². The lowest BCUT2D eigenvalue weighted by Gasteiger charge is -2.25. The number of aromatic amines is 1. The molecule has 9 heteroatoms. The predicted octanol–water partition coefficient (Wildman–Crippen LogP) is 1.20. The van der Waals surface area contributed by atoms with Crippen LogP contribution in [0.25, 0.3) is 11.0 Å². The Morgan fingerprint density at radius 2 is 2.00 bits per heavy atom. The number of aryl methyl sites for hydroxylation is 1. The molecule has 1 atom stereocenters. The Hall–Kier alpha value is -3.72. The number of hydrogen-bond donors (Lipinski definition) is 4. The number of aromatic nitrogens is 2. The summed E-state index contributed by atoms with van der Waals surface area (Å²) in [7, 11) is 1.52. The molecule has 1 aliphatic heterocycles. The number of para-hydroxylation sites is 3. The molecule has 0 aliphatic carbocycles. The van der Waals surface area contributed by atoms with Gasteiger partial charge in [-0.1, -0.05) is 24.3 Å². The molecule has 2 amide bonds. The summed E-state index contributed by atoms with van der Waals surface area (Å²) < 4.78 is 5.33. The molecular formula is C20H20N6O3. The molecule has 29 heavy (non-hydrogen) atoms. The zero-order valence-corrected chi connectivity index (χ0v) is 15.9. The molecule has 0 radical (unpaired) electrons. The van der Waals surface area contributed by atoms with Crippen molar-refractivity contribution < 1.29 is 14.3 Å². The standard InChI is InChI=1S/C20H20N6O3/c1-11-6-5-9-14(29-2)15(11)26-17(27)16-20(18(21)28,23-10-22-16)19-24-12-7-3-4-8-13(12)25-19/h3-9,23H,10H2,1-2H3,(H2,21,28)(H,24,25)(H,26,27). The zero-order valence-electron chi connectivity index (χ0n) is 15.9. The van der Waals surface area contributed by atoms with Crippen LogP contribution in [0.2, 0.25) is 0 Å². The highest BCUT2D eigenvalue weighted by Gasteiger charge is 2.52. The van der Waals surface area contributed by atoms with Crippen molar-refractivity contribution in [3.8, 4) is 5.75 Å². The molecule has 2 heterocycles. The first-order valence-corrected chi connectivity index (χ1v) is 8.97. The van der Waals surface area contributed by atoms with Crippen molar-refractivity contribution in [1.29, 1.82) is 0 Å². The first kappa shape index (κ1) is 18.6. The van der Waals surface area contributed by atoms with Gasteiger partial charge >= 0.3 is 0 Å². The lowest BCUT2D eigenvalue weighted by atomic mass is 9.91. The second-order valence-electron chi connectivity index (χ2n) is 6.66. The number of carbonyl (C=O) groups excluding carboxylic acids is 2. The van der Waals surface area contributed by atoms with Gasteiger partial charge in [-0.25, -0.2) is 4.98 Å². The Balaban J connectivity index is 1.76. The number of methoxy groups -OCH3 is 1. The largest absolute Gasteiger partial charge is 0.495 e. The smallest absolute Gasteiger partial charge is 0.272 e. The van der Waals surface area contributed by atoms with E-state index in [9.17, 15) is 9.59 Å². The summed E-state index contributed by atoms with van der Waals surface area (Å²) in [4.78, 5) is 37.5. The Morgan fingerprint density at radius 1 is 1.21 bits per heavy atom. The van der Waals surface area contributed by atoms with E-state index in [1.165, 1.54) is 7.11 Å². The Kier molecular flexibility index (Phi) is 4.51.